The molecule has 1 aliphatic rings. The Morgan fingerprint density at radius 3 is 2.83 bits per heavy atom. The third kappa shape index (κ3) is 2.84. The Morgan fingerprint density at radius 2 is 2.28 bits per heavy atom. The Kier molecular flexibility index (Phi) is 3.92. The van der Waals surface area contributed by atoms with E-state index in [0.29, 0.717) is 31.0 Å². The molecule has 0 aromatic carbocycles. The minimum atomic E-state index is -0.268. The molecule has 1 saturated carbocycles. The maximum absolute atomic E-state index is 12.0. The monoisotopic (exact) mass is 271 g/mol. The van der Waals surface area contributed by atoms with E-state index in [4.69, 9.17) is 11.6 Å². The van der Waals surface area contributed by atoms with Crippen LogP contribution in [0.1, 0.15) is 26.7 Å². The molecule has 2 N–H and O–H groups in total. The van der Waals surface area contributed by atoms with Crippen LogP contribution in [0.2, 0.25) is 5.02 Å². The molecule has 100 valence electrons. The standard InChI is InChI=1S/C12H18ClN3O2/c1-7(2)6-16-12(18)11(13)10(5-14-16)15-8-3-9(17)4-8/h5,7-9,15,17H,3-4,6H2,1-2H3. The Bertz CT molecular complexity index is 481. The van der Waals surface area contributed by atoms with E-state index in [1.54, 1.807) is 6.20 Å². The first-order valence-corrected chi connectivity index (χ1v) is 6.55. The summed E-state index contributed by atoms with van der Waals surface area (Å²) in [5.41, 5.74) is 0.286. The summed E-state index contributed by atoms with van der Waals surface area (Å²) in [6.45, 7) is 4.59. The van der Waals surface area contributed by atoms with Crippen molar-refractivity contribution in [3.05, 3.63) is 21.6 Å². The van der Waals surface area contributed by atoms with Gasteiger partial charge in [-0.1, -0.05) is 25.4 Å². The number of rotatable bonds is 4. The first-order chi connectivity index (χ1) is 8.47. The average molecular weight is 272 g/mol. The van der Waals surface area contributed by atoms with Gasteiger partial charge in [-0.2, -0.15) is 5.10 Å². The number of aromatic nitrogens is 2. The smallest absolute Gasteiger partial charge is 0.287 e. The van der Waals surface area contributed by atoms with E-state index in [0.717, 1.165) is 0 Å². The van der Waals surface area contributed by atoms with Crippen molar-refractivity contribution < 1.29 is 5.11 Å². The van der Waals surface area contributed by atoms with Crippen molar-refractivity contribution in [3.63, 3.8) is 0 Å². The summed E-state index contributed by atoms with van der Waals surface area (Å²) in [7, 11) is 0. The van der Waals surface area contributed by atoms with E-state index in [-0.39, 0.29) is 22.7 Å². The van der Waals surface area contributed by atoms with Crippen molar-refractivity contribution in [2.45, 2.75) is 45.4 Å². The zero-order valence-corrected chi connectivity index (χ0v) is 11.3. The van der Waals surface area contributed by atoms with Crippen LogP contribution in [0.15, 0.2) is 11.0 Å². The lowest BCUT2D eigenvalue weighted by molar-refractivity contribution is 0.0836. The summed E-state index contributed by atoms with van der Waals surface area (Å²) in [6, 6.07) is 0.180. The number of nitrogens with one attached hydrogen (secondary N) is 1. The first kappa shape index (κ1) is 13.4. The fourth-order valence-corrected chi connectivity index (χ4v) is 2.17. The molecule has 1 aliphatic carbocycles. The zero-order valence-electron chi connectivity index (χ0n) is 10.6. The van der Waals surface area contributed by atoms with Gasteiger partial charge in [-0.15, -0.1) is 0 Å². The Balaban J connectivity index is 2.13. The van der Waals surface area contributed by atoms with E-state index < -0.39 is 0 Å². The Labute approximate surface area is 111 Å². The second-order valence-electron chi connectivity index (χ2n) is 5.22. The minimum Gasteiger partial charge on any atom is -0.393 e. The normalized spacial score (nSPS) is 22.9. The second-order valence-corrected chi connectivity index (χ2v) is 5.60. The Morgan fingerprint density at radius 1 is 1.61 bits per heavy atom. The van der Waals surface area contributed by atoms with E-state index in [1.165, 1.54) is 4.68 Å². The highest BCUT2D eigenvalue weighted by Gasteiger charge is 2.27. The lowest BCUT2D eigenvalue weighted by atomic mass is 9.89. The summed E-state index contributed by atoms with van der Waals surface area (Å²) < 4.78 is 1.38. The van der Waals surface area contributed by atoms with Gasteiger partial charge in [-0.05, 0) is 18.8 Å². The fraction of sp³-hybridized carbons (Fsp3) is 0.667. The van der Waals surface area contributed by atoms with Gasteiger partial charge in [-0.25, -0.2) is 4.68 Å². The topological polar surface area (TPSA) is 67.2 Å². The van der Waals surface area contributed by atoms with Gasteiger partial charge in [0.15, 0.2) is 0 Å². The van der Waals surface area contributed by atoms with Crippen LogP contribution in [0.4, 0.5) is 5.69 Å². The molecule has 2 rings (SSSR count). The molecular weight excluding hydrogens is 254 g/mol. The van der Waals surface area contributed by atoms with Crippen LogP contribution in [0.25, 0.3) is 0 Å². The van der Waals surface area contributed by atoms with Crippen LogP contribution in [-0.4, -0.2) is 27.0 Å². The van der Waals surface area contributed by atoms with E-state index in [9.17, 15) is 9.90 Å². The maximum atomic E-state index is 12.0. The zero-order chi connectivity index (χ0) is 13.3. The van der Waals surface area contributed by atoms with Gasteiger partial charge in [0, 0.05) is 12.6 Å². The minimum absolute atomic E-state index is 0.173. The van der Waals surface area contributed by atoms with Crippen molar-refractivity contribution in [2.24, 2.45) is 5.92 Å². The molecule has 1 aromatic heterocycles. The van der Waals surface area contributed by atoms with Crippen LogP contribution in [0, 0.1) is 5.92 Å². The van der Waals surface area contributed by atoms with Crippen LogP contribution < -0.4 is 10.9 Å². The summed E-state index contributed by atoms with van der Waals surface area (Å²) in [5, 5.41) is 16.6. The largest absolute Gasteiger partial charge is 0.393 e. The average Bonchev–Trinajstić information content (AvgIpc) is 2.26. The van der Waals surface area contributed by atoms with Gasteiger partial charge in [0.25, 0.3) is 5.56 Å². The third-order valence-electron chi connectivity index (χ3n) is 3.00. The second kappa shape index (κ2) is 5.28. The van der Waals surface area contributed by atoms with Gasteiger partial charge in [-0.3, -0.25) is 4.79 Å². The van der Waals surface area contributed by atoms with Gasteiger partial charge < -0.3 is 10.4 Å². The SMILES string of the molecule is CC(C)Cn1ncc(NC2CC(O)C2)c(Cl)c1=O. The molecule has 5 nitrogen and oxygen atoms in total. The van der Waals surface area contributed by atoms with E-state index in [2.05, 4.69) is 10.4 Å². The fourth-order valence-electron chi connectivity index (χ4n) is 1.97. The number of nitrogens with zero attached hydrogens (tertiary/aromatic N) is 2. The maximum Gasteiger partial charge on any atom is 0.287 e. The molecule has 0 radical (unpaired) electrons. The van der Waals surface area contributed by atoms with Gasteiger partial charge in [0.1, 0.15) is 5.02 Å². The predicted octanol–water partition coefficient (Wildman–Crippen LogP) is 1.49. The molecule has 0 saturated heterocycles. The molecule has 18 heavy (non-hydrogen) atoms. The predicted molar refractivity (Wildman–Crippen MR) is 71.0 cm³/mol. The summed E-state index contributed by atoms with van der Waals surface area (Å²) in [5.74, 6) is 0.340. The molecule has 0 aliphatic heterocycles. The van der Waals surface area contributed by atoms with Gasteiger partial charge in [0.2, 0.25) is 0 Å². The molecule has 6 heteroatoms. The van der Waals surface area contributed by atoms with Crippen molar-refractivity contribution in [3.8, 4) is 0 Å². The molecule has 0 atom stereocenters. The third-order valence-corrected chi connectivity index (χ3v) is 3.36. The Hall–Kier alpha value is -1.07. The van der Waals surface area contributed by atoms with Crippen molar-refractivity contribution in [1.29, 1.82) is 0 Å². The highest BCUT2D eigenvalue weighted by Crippen LogP contribution is 2.26. The van der Waals surface area contributed by atoms with Crippen molar-refractivity contribution >= 4 is 17.3 Å². The van der Waals surface area contributed by atoms with Crippen molar-refractivity contribution in [1.82, 2.24) is 9.78 Å². The molecule has 1 fully saturated rings. The molecule has 0 spiro atoms. The van der Waals surface area contributed by atoms with E-state index >= 15 is 0 Å². The molecule has 1 heterocycles. The number of anilines is 1. The first-order valence-electron chi connectivity index (χ1n) is 6.17. The summed E-state index contributed by atoms with van der Waals surface area (Å²) in [6.07, 6.45) is 2.71. The number of hydrogen-bond acceptors (Lipinski definition) is 4. The molecule has 0 unspecified atom stereocenters. The van der Waals surface area contributed by atoms with Gasteiger partial charge in [0.05, 0.1) is 18.0 Å². The van der Waals surface area contributed by atoms with Crippen LogP contribution in [0.3, 0.4) is 0 Å². The highest BCUT2D eigenvalue weighted by molar-refractivity contribution is 6.32. The van der Waals surface area contributed by atoms with Crippen LogP contribution in [-0.2, 0) is 6.54 Å². The van der Waals surface area contributed by atoms with Crippen LogP contribution >= 0.6 is 11.6 Å². The van der Waals surface area contributed by atoms with E-state index in [1.807, 2.05) is 13.8 Å². The van der Waals surface area contributed by atoms with Crippen LogP contribution in [0.5, 0.6) is 0 Å². The molecule has 0 amide bonds. The quantitative estimate of drug-likeness (QED) is 0.871. The summed E-state index contributed by atoms with van der Waals surface area (Å²) in [4.78, 5) is 12.0. The number of hydrogen-bond donors (Lipinski definition) is 2. The lowest BCUT2D eigenvalue weighted by Crippen LogP contribution is -2.39. The number of halogens is 1. The molecular formula is C12H18ClN3O2. The molecule has 0 bridgehead atoms. The lowest BCUT2D eigenvalue weighted by Gasteiger charge is -2.32. The van der Waals surface area contributed by atoms with Crippen molar-refractivity contribution in [2.75, 3.05) is 5.32 Å². The number of aliphatic hydroxyl groups excluding tert-OH is 1. The van der Waals surface area contributed by atoms with Gasteiger partial charge >= 0.3 is 0 Å². The highest BCUT2D eigenvalue weighted by atomic mass is 35.5. The molecule has 1 aromatic rings. The summed E-state index contributed by atoms with van der Waals surface area (Å²) >= 11 is 6.05. The number of aliphatic hydroxyl groups is 1.